The van der Waals surface area contributed by atoms with E-state index in [0.717, 1.165) is 54.9 Å². The van der Waals surface area contributed by atoms with Crippen molar-refractivity contribution >= 4 is 34.1 Å². The minimum Gasteiger partial charge on any atom is -0.382 e. The Kier molecular flexibility index (Phi) is 6.69. The SMILES string of the molecule is Cc1cccc(-c2cnccc2C(=O)N[C@H]2CC23CCC(Nc2cc(C(F)(F)F)nc4ccc(Cl)cc24)CC3)c1. The van der Waals surface area contributed by atoms with Gasteiger partial charge >= 0.3 is 6.18 Å². The number of fused-ring (bicyclic) bond motifs is 1. The summed E-state index contributed by atoms with van der Waals surface area (Å²) in [5.41, 5.74) is 3.21. The quantitative estimate of drug-likeness (QED) is 0.259. The Hall–Kier alpha value is -3.65. The van der Waals surface area contributed by atoms with Crippen LogP contribution in [0.5, 0.6) is 0 Å². The van der Waals surface area contributed by atoms with Crippen molar-refractivity contribution in [2.45, 2.75) is 57.3 Å². The maximum absolute atomic E-state index is 13.5. The van der Waals surface area contributed by atoms with E-state index in [-0.39, 0.29) is 28.9 Å². The van der Waals surface area contributed by atoms with Gasteiger partial charge < -0.3 is 10.6 Å². The zero-order valence-corrected chi connectivity index (χ0v) is 22.6. The minimum atomic E-state index is -4.55. The van der Waals surface area contributed by atoms with Crippen LogP contribution >= 0.6 is 11.6 Å². The number of halogens is 4. The number of carbonyl (C=O) groups is 1. The molecule has 2 aromatic carbocycles. The van der Waals surface area contributed by atoms with Crippen LogP contribution in [0, 0.1) is 12.3 Å². The van der Waals surface area contributed by atoms with Crippen molar-refractivity contribution in [2.75, 3.05) is 5.32 Å². The Bertz CT molecular complexity index is 1600. The third-order valence-corrected chi connectivity index (χ3v) is 8.53. The van der Waals surface area contributed by atoms with E-state index in [4.69, 9.17) is 11.6 Å². The van der Waals surface area contributed by atoms with Crippen molar-refractivity contribution in [2.24, 2.45) is 5.41 Å². The molecule has 2 aromatic heterocycles. The summed E-state index contributed by atoms with van der Waals surface area (Å²) in [7, 11) is 0. The zero-order chi connectivity index (χ0) is 28.1. The summed E-state index contributed by atoms with van der Waals surface area (Å²) in [6.07, 6.45) is 3.07. The first kappa shape index (κ1) is 26.6. The van der Waals surface area contributed by atoms with Crippen LogP contribution in [0.4, 0.5) is 18.9 Å². The topological polar surface area (TPSA) is 66.9 Å². The molecule has 0 unspecified atom stereocenters. The molecular weight excluding hydrogens is 537 g/mol. The Morgan fingerprint density at radius 3 is 2.62 bits per heavy atom. The predicted octanol–water partition coefficient (Wildman–Crippen LogP) is 7.82. The molecule has 0 aliphatic heterocycles. The number of hydrogen-bond acceptors (Lipinski definition) is 4. The molecule has 1 amide bonds. The second-order valence-corrected chi connectivity index (χ2v) is 11.5. The molecule has 2 heterocycles. The number of pyridine rings is 2. The van der Waals surface area contributed by atoms with Gasteiger partial charge in [0.25, 0.3) is 5.91 Å². The van der Waals surface area contributed by atoms with E-state index in [2.05, 4.69) is 20.6 Å². The third-order valence-electron chi connectivity index (χ3n) is 8.29. The Labute approximate surface area is 235 Å². The number of rotatable bonds is 5. The van der Waals surface area contributed by atoms with Gasteiger partial charge in [0.05, 0.1) is 11.1 Å². The summed E-state index contributed by atoms with van der Waals surface area (Å²) in [6, 6.07) is 15.6. The molecule has 2 aliphatic carbocycles. The summed E-state index contributed by atoms with van der Waals surface area (Å²) in [5.74, 6) is -0.110. The number of aromatic nitrogens is 2. The van der Waals surface area contributed by atoms with E-state index in [1.807, 2.05) is 31.2 Å². The van der Waals surface area contributed by atoms with Crippen LogP contribution in [0.1, 0.15) is 53.7 Å². The summed E-state index contributed by atoms with van der Waals surface area (Å²) < 4.78 is 40.6. The van der Waals surface area contributed by atoms with Crippen LogP contribution in [0.25, 0.3) is 22.0 Å². The molecule has 1 atom stereocenters. The molecule has 1 spiro atoms. The number of carbonyl (C=O) groups excluding carboxylic acids is 1. The maximum atomic E-state index is 13.5. The van der Waals surface area contributed by atoms with Gasteiger partial charge in [-0.15, -0.1) is 0 Å². The lowest BCUT2D eigenvalue weighted by Gasteiger charge is -2.31. The number of alkyl halides is 3. The van der Waals surface area contributed by atoms with Crippen molar-refractivity contribution in [1.82, 2.24) is 15.3 Å². The fourth-order valence-corrected chi connectivity index (χ4v) is 6.17. The lowest BCUT2D eigenvalue weighted by Crippen LogP contribution is -2.34. The molecule has 40 heavy (non-hydrogen) atoms. The highest BCUT2D eigenvalue weighted by Crippen LogP contribution is 2.56. The second kappa shape index (κ2) is 10.1. The Morgan fingerprint density at radius 2 is 1.88 bits per heavy atom. The second-order valence-electron chi connectivity index (χ2n) is 11.0. The van der Waals surface area contributed by atoms with Crippen LogP contribution in [0.2, 0.25) is 5.02 Å². The van der Waals surface area contributed by atoms with E-state index in [9.17, 15) is 18.0 Å². The predicted molar refractivity (Wildman–Crippen MR) is 150 cm³/mol. The van der Waals surface area contributed by atoms with Gasteiger partial charge in [-0.2, -0.15) is 13.2 Å². The number of nitrogens with zero attached hydrogens (tertiary/aromatic N) is 2. The van der Waals surface area contributed by atoms with Gasteiger partial charge in [0.1, 0.15) is 5.69 Å². The third kappa shape index (κ3) is 5.24. The fourth-order valence-electron chi connectivity index (χ4n) is 6.00. The Balaban J connectivity index is 1.13. The smallest absolute Gasteiger partial charge is 0.382 e. The van der Waals surface area contributed by atoms with Crippen molar-refractivity contribution in [1.29, 1.82) is 0 Å². The van der Waals surface area contributed by atoms with Crippen molar-refractivity contribution in [3.63, 3.8) is 0 Å². The first-order valence-electron chi connectivity index (χ1n) is 13.4. The van der Waals surface area contributed by atoms with Gasteiger partial charge in [-0.25, -0.2) is 4.98 Å². The molecule has 6 rings (SSSR count). The van der Waals surface area contributed by atoms with Crippen LogP contribution in [0.15, 0.2) is 67.0 Å². The number of amides is 1. The monoisotopic (exact) mass is 564 g/mol. The zero-order valence-electron chi connectivity index (χ0n) is 21.9. The van der Waals surface area contributed by atoms with Gasteiger partial charge in [-0.1, -0.05) is 41.4 Å². The highest BCUT2D eigenvalue weighted by atomic mass is 35.5. The highest BCUT2D eigenvalue weighted by molar-refractivity contribution is 6.31. The van der Waals surface area contributed by atoms with Crippen molar-refractivity contribution in [3.05, 3.63) is 88.8 Å². The fraction of sp³-hybridized carbons (Fsp3) is 0.323. The molecule has 2 aliphatic rings. The summed E-state index contributed by atoms with van der Waals surface area (Å²) in [6.45, 7) is 2.01. The van der Waals surface area contributed by atoms with Crippen LogP contribution < -0.4 is 10.6 Å². The lowest BCUT2D eigenvalue weighted by molar-refractivity contribution is -0.140. The van der Waals surface area contributed by atoms with Gasteiger partial charge in [0, 0.05) is 46.1 Å². The Morgan fingerprint density at radius 1 is 1.07 bits per heavy atom. The number of benzene rings is 2. The van der Waals surface area contributed by atoms with E-state index >= 15 is 0 Å². The summed E-state index contributed by atoms with van der Waals surface area (Å²) in [4.78, 5) is 21.3. The van der Waals surface area contributed by atoms with E-state index in [1.54, 1.807) is 30.6 Å². The normalized spacial score (nSPS) is 22.3. The lowest BCUT2D eigenvalue weighted by atomic mass is 9.82. The molecule has 4 aromatic rings. The number of hydrogen-bond donors (Lipinski definition) is 2. The van der Waals surface area contributed by atoms with Crippen LogP contribution in [-0.4, -0.2) is 28.0 Å². The van der Waals surface area contributed by atoms with Gasteiger partial charge in [-0.3, -0.25) is 9.78 Å². The highest BCUT2D eigenvalue weighted by Gasteiger charge is 2.55. The molecule has 0 bridgehead atoms. The average molecular weight is 565 g/mol. The van der Waals surface area contributed by atoms with Gasteiger partial charge in [0.15, 0.2) is 0 Å². The van der Waals surface area contributed by atoms with E-state index in [1.165, 1.54) is 6.07 Å². The summed E-state index contributed by atoms with van der Waals surface area (Å²) >= 11 is 6.15. The first-order chi connectivity index (χ1) is 19.1. The molecule has 9 heteroatoms. The van der Waals surface area contributed by atoms with Crippen molar-refractivity contribution in [3.8, 4) is 11.1 Å². The van der Waals surface area contributed by atoms with E-state index in [0.29, 0.717) is 21.7 Å². The molecule has 2 fully saturated rings. The van der Waals surface area contributed by atoms with Crippen LogP contribution in [-0.2, 0) is 6.18 Å². The average Bonchev–Trinajstić information content (AvgIpc) is 3.59. The van der Waals surface area contributed by atoms with Crippen molar-refractivity contribution < 1.29 is 18.0 Å². The number of aryl methyl sites for hydroxylation is 1. The molecule has 0 radical (unpaired) electrons. The largest absolute Gasteiger partial charge is 0.433 e. The number of anilines is 1. The molecule has 0 saturated heterocycles. The molecule has 2 saturated carbocycles. The minimum absolute atomic E-state index is 0.0152. The standard InChI is InChI=1S/C31H28ClF3N4O/c1-18-3-2-4-19(13-18)24-17-36-12-9-22(24)29(40)39-28-16-30(28)10-7-21(8-11-30)37-26-15-27(31(33,34)35)38-25-6-5-20(32)14-23(25)26/h2-6,9,12-15,17,21,28H,7-8,10-11,16H2,1H3,(H,37,38)(H,39,40)/t21?,28-,30?/m0/s1. The maximum Gasteiger partial charge on any atom is 0.433 e. The summed E-state index contributed by atoms with van der Waals surface area (Å²) in [5, 5.41) is 7.60. The number of nitrogens with one attached hydrogen (secondary N) is 2. The van der Waals surface area contributed by atoms with Crippen LogP contribution in [0.3, 0.4) is 0 Å². The molecule has 5 nitrogen and oxygen atoms in total. The molecule has 206 valence electrons. The molecule has 2 N–H and O–H groups in total. The first-order valence-corrected chi connectivity index (χ1v) is 13.8. The van der Waals surface area contributed by atoms with E-state index < -0.39 is 11.9 Å². The van der Waals surface area contributed by atoms with Gasteiger partial charge in [-0.05, 0) is 80.3 Å². The van der Waals surface area contributed by atoms with Gasteiger partial charge in [0.2, 0.25) is 0 Å². The molecular formula is C31H28ClF3N4O.